The fourth-order valence-corrected chi connectivity index (χ4v) is 2.18. The molecule has 2 rings (SSSR count). The summed E-state index contributed by atoms with van der Waals surface area (Å²) in [6, 6.07) is 11.6. The van der Waals surface area contributed by atoms with Crippen molar-refractivity contribution in [1.29, 1.82) is 0 Å². The third kappa shape index (κ3) is 7.13. The Morgan fingerprint density at radius 2 is 1.59 bits per heavy atom. The van der Waals surface area contributed by atoms with Gasteiger partial charge in [-0.25, -0.2) is 4.39 Å². The number of benzene rings is 2. The molecule has 154 valence electrons. The number of hydrogen-bond donors (Lipinski definition) is 3. The molecule has 0 spiro atoms. The summed E-state index contributed by atoms with van der Waals surface area (Å²) in [5.41, 5.74) is 4.60. The summed E-state index contributed by atoms with van der Waals surface area (Å²) in [7, 11) is 0. The van der Waals surface area contributed by atoms with Gasteiger partial charge in [-0.15, -0.1) is 0 Å². The van der Waals surface area contributed by atoms with Gasteiger partial charge in [0.15, 0.2) is 6.10 Å². The van der Waals surface area contributed by atoms with E-state index >= 15 is 0 Å². The zero-order chi connectivity index (χ0) is 21.2. The Labute approximate surface area is 167 Å². The number of rotatable bonds is 8. The van der Waals surface area contributed by atoms with Crippen LogP contribution in [0.3, 0.4) is 0 Å². The lowest BCUT2D eigenvalue weighted by atomic mass is 10.2. The van der Waals surface area contributed by atoms with Crippen molar-refractivity contribution in [2.24, 2.45) is 0 Å². The second-order valence-corrected chi connectivity index (χ2v) is 5.89. The first-order valence-corrected chi connectivity index (χ1v) is 8.91. The molecule has 0 radical (unpaired) electrons. The first kappa shape index (κ1) is 21.7. The van der Waals surface area contributed by atoms with E-state index in [0.717, 1.165) is 12.1 Å². The van der Waals surface area contributed by atoms with Gasteiger partial charge in [0.05, 0.1) is 13.2 Å². The standard InChI is InChI=1S/C20H22FN3O5/c1-3-28-16-8-10-17(11-9-16)29-13(2)19(26)24-23-18(25)12-22-20(27)14-4-6-15(21)7-5-14/h4-11,13H,3,12H2,1-2H3,(H,22,27)(H,23,25)(H,24,26). The number of amides is 3. The molecule has 1 unspecified atom stereocenters. The molecule has 2 aromatic carbocycles. The summed E-state index contributed by atoms with van der Waals surface area (Å²) in [5.74, 6) is -1.07. The van der Waals surface area contributed by atoms with Gasteiger partial charge in [0, 0.05) is 5.56 Å². The van der Waals surface area contributed by atoms with Crippen LogP contribution < -0.4 is 25.6 Å². The highest BCUT2D eigenvalue weighted by molar-refractivity contribution is 5.96. The van der Waals surface area contributed by atoms with E-state index in [1.165, 1.54) is 19.1 Å². The zero-order valence-electron chi connectivity index (χ0n) is 16.0. The quantitative estimate of drug-likeness (QED) is 0.580. The third-order valence-corrected chi connectivity index (χ3v) is 3.66. The molecule has 0 aliphatic carbocycles. The van der Waals surface area contributed by atoms with Gasteiger partial charge in [0.1, 0.15) is 17.3 Å². The summed E-state index contributed by atoms with van der Waals surface area (Å²) < 4.78 is 23.7. The topological polar surface area (TPSA) is 106 Å². The van der Waals surface area contributed by atoms with Gasteiger partial charge < -0.3 is 14.8 Å². The Hall–Kier alpha value is -3.62. The molecule has 0 saturated carbocycles. The zero-order valence-corrected chi connectivity index (χ0v) is 16.0. The van der Waals surface area contributed by atoms with Crippen LogP contribution in [0.1, 0.15) is 24.2 Å². The first-order chi connectivity index (χ1) is 13.9. The second-order valence-electron chi connectivity index (χ2n) is 5.89. The molecule has 0 saturated heterocycles. The van der Waals surface area contributed by atoms with E-state index in [2.05, 4.69) is 16.2 Å². The maximum absolute atomic E-state index is 12.8. The van der Waals surface area contributed by atoms with Gasteiger partial charge in [0.25, 0.3) is 17.7 Å². The van der Waals surface area contributed by atoms with E-state index in [-0.39, 0.29) is 12.1 Å². The van der Waals surface area contributed by atoms with Crippen LogP contribution in [0, 0.1) is 5.82 Å². The van der Waals surface area contributed by atoms with Gasteiger partial charge >= 0.3 is 0 Å². The van der Waals surface area contributed by atoms with Crippen LogP contribution in [0.25, 0.3) is 0 Å². The van der Waals surface area contributed by atoms with Crippen molar-refractivity contribution in [2.45, 2.75) is 20.0 Å². The molecule has 1 atom stereocenters. The summed E-state index contributed by atoms with van der Waals surface area (Å²) in [6.07, 6.45) is -0.873. The monoisotopic (exact) mass is 403 g/mol. The molecule has 3 amide bonds. The molecule has 0 aromatic heterocycles. The number of carbonyl (C=O) groups is 3. The van der Waals surface area contributed by atoms with E-state index < -0.39 is 29.6 Å². The van der Waals surface area contributed by atoms with Gasteiger partial charge in [-0.05, 0) is 62.4 Å². The normalized spacial score (nSPS) is 11.1. The molecule has 0 bridgehead atoms. The fourth-order valence-electron chi connectivity index (χ4n) is 2.18. The van der Waals surface area contributed by atoms with Crippen LogP contribution in [0.5, 0.6) is 11.5 Å². The van der Waals surface area contributed by atoms with E-state index in [4.69, 9.17) is 9.47 Å². The highest BCUT2D eigenvalue weighted by Crippen LogP contribution is 2.18. The SMILES string of the molecule is CCOc1ccc(OC(C)C(=O)NNC(=O)CNC(=O)c2ccc(F)cc2)cc1. The highest BCUT2D eigenvalue weighted by atomic mass is 19.1. The van der Waals surface area contributed by atoms with Gasteiger partial charge in [-0.3, -0.25) is 25.2 Å². The predicted octanol–water partition coefficient (Wildman–Crippen LogP) is 1.57. The number of hydrogen-bond acceptors (Lipinski definition) is 5. The summed E-state index contributed by atoms with van der Waals surface area (Å²) in [4.78, 5) is 35.6. The van der Waals surface area contributed by atoms with Gasteiger partial charge in [-0.2, -0.15) is 0 Å². The van der Waals surface area contributed by atoms with Crippen molar-refractivity contribution in [1.82, 2.24) is 16.2 Å². The molecule has 9 heteroatoms. The molecule has 29 heavy (non-hydrogen) atoms. The Morgan fingerprint density at radius 3 is 2.21 bits per heavy atom. The fraction of sp³-hybridized carbons (Fsp3) is 0.250. The lowest BCUT2D eigenvalue weighted by molar-refractivity contribution is -0.132. The van der Waals surface area contributed by atoms with Crippen molar-refractivity contribution < 1.29 is 28.2 Å². The average molecular weight is 403 g/mol. The number of halogens is 1. The molecule has 0 aliphatic rings. The summed E-state index contributed by atoms with van der Waals surface area (Å²) >= 11 is 0. The van der Waals surface area contributed by atoms with Crippen LogP contribution in [-0.4, -0.2) is 37.0 Å². The average Bonchev–Trinajstić information content (AvgIpc) is 2.72. The van der Waals surface area contributed by atoms with Crippen LogP contribution in [-0.2, 0) is 9.59 Å². The van der Waals surface area contributed by atoms with Crippen molar-refractivity contribution in [3.8, 4) is 11.5 Å². The van der Waals surface area contributed by atoms with Crippen LogP contribution in [0.2, 0.25) is 0 Å². The minimum absolute atomic E-state index is 0.209. The maximum atomic E-state index is 12.8. The van der Waals surface area contributed by atoms with Crippen LogP contribution >= 0.6 is 0 Å². The first-order valence-electron chi connectivity index (χ1n) is 8.91. The minimum atomic E-state index is -0.873. The van der Waals surface area contributed by atoms with Gasteiger partial charge in [-0.1, -0.05) is 0 Å². The number of carbonyl (C=O) groups excluding carboxylic acids is 3. The van der Waals surface area contributed by atoms with Crippen molar-refractivity contribution in [2.75, 3.05) is 13.2 Å². The van der Waals surface area contributed by atoms with E-state index in [1.54, 1.807) is 24.3 Å². The highest BCUT2D eigenvalue weighted by Gasteiger charge is 2.16. The number of hydrazine groups is 1. The Morgan fingerprint density at radius 1 is 0.966 bits per heavy atom. The Balaban J connectivity index is 1.72. The second kappa shape index (κ2) is 10.6. The Bertz CT molecular complexity index is 840. The number of ether oxygens (including phenoxy) is 2. The summed E-state index contributed by atoms with van der Waals surface area (Å²) in [5, 5.41) is 2.36. The van der Waals surface area contributed by atoms with Crippen molar-refractivity contribution in [3.05, 3.63) is 59.9 Å². The van der Waals surface area contributed by atoms with E-state index in [9.17, 15) is 18.8 Å². The minimum Gasteiger partial charge on any atom is -0.494 e. The van der Waals surface area contributed by atoms with Crippen molar-refractivity contribution >= 4 is 17.7 Å². The number of nitrogens with one attached hydrogen (secondary N) is 3. The van der Waals surface area contributed by atoms with Crippen molar-refractivity contribution in [3.63, 3.8) is 0 Å². The molecule has 8 nitrogen and oxygen atoms in total. The molecule has 2 aromatic rings. The van der Waals surface area contributed by atoms with E-state index in [1.807, 2.05) is 6.92 Å². The Kier molecular flexibility index (Phi) is 7.96. The molecular formula is C20H22FN3O5. The lowest BCUT2D eigenvalue weighted by Crippen LogP contribution is -2.50. The molecular weight excluding hydrogens is 381 g/mol. The lowest BCUT2D eigenvalue weighted by Gasteiger charge is -2.15. The largest absolute Gasteiger partial charge is 0.494 e. The molecule has 0 heterocycles. The molecule has 0 fully saturated rings. The molecule has 3 N–H and O–H groups in total. The smallest absolute Gasteiger partial charge is 0.279 e. The predicted molar refractivity (Wildman–Crippen MR) is 103 cm³/mol. The van der Waals surface area contributed by atoms with E-state index in [0.29, 0.717) is 18.1 Å². The van der Waals surface area contributed by atoms with Crippen LogP contribution in [0.4, 0.5) is 4.39 Å². The molecule has 0 aliphatic heterocycles. The summed E-state index contributed by atoms with van der Waals surface area (Å²) in [6.45, 7) is 3.57. The maximum Gasteiger partial charge on any atom is 0.279 e. The van der Waals surface area contributed by atoms with Gasteiger partial charge in [0.2, 0.25) is 0 Å². The third-order valence-electron chi connectivity index (χ3n) is 3.66. The van der Waals surface area contributed by atoms with Crippen LogP contribution in [0.15, 0.2) is 48.5 Å².